The number of aryl methyl sites for hydroxylation is 2. The van der Waals surface area contributed by atoms with Gasteiger partial charge in [-0.25, -0.2) is 4.98 Å². The molecule has 0 bridgehead atoms. The first-order chi connectivity index (χ1) is 23.6. The third kappa shape index (κ3) is 10.3. The number of furan rings is 1. The van der Waals surface area contributed by atoms with Crippen LogP contribution in [0.3, 0.4) is 0 Å². The number of fused-ring (bicyclic) bond motifs is 3. The molecule has 277 valence electrons. The quantitative estimate of drug-likeness (QED) is 0.128. The molecule has 6 rings (SSSR count). The van der Waals surface area contributed by atoms with E-state index in [1.54, 1.807) is 0 Å². The van der Waals surface area contributed by atoms with Crippen molar-refractivity contribution in [2.45, 2.75) is 112 Å². The van der Waals surface area contributed by atoms with E-state index in [0.717, 1.165) is 57.4 Å². The molecule has 0 N–H and O–H groups in total. The molecule has 0 saturated carbocycles. The van der Waals surface area contributed by atoms with Gasteiger partial charge >= 0.3 is 138 Å². The molecule has 0 unspecified atom stereocenters. The van der Waals surface area contributed by atoms with Gasteiger partial charge in [0.05, 0.1) is 5.58 Å². The van der Waals surface area contributed by atoms with Gasteiger partial charge in [-0.15, -0.1) is 18.2 Å². The van der Waals surface area contributed by atoms with E-state index in [1.807, 2.05) is 24.4 Å². The van der Waals surface area contributed by atoms with Crippen LogP contribution in [-0.2, 0) is 38.4 Å². The number of hydrogen-bond donors (Lipinski definition) is 0. The summed E-state index contributed by atoms with van der Waals surface area (Å²) in [6, 6.07) is 25.6. The molecule has 0 aliphatic rings. The summed E-state index contributed by atoms with van der Waals surface area (Å²) in [6.07, 6.45) is 6.21. The van der Waals surface area contributed by atoms with Gasteiger partial charge in [0.2, 0.25) is 5.71 Å². The predicted molar refractivity (Wildman–Crippen MR) is 220 cm³/mol. The minimum absolute atomic E-state index is 0. The van der Waals surface area contributed by atoms with Crippen LogP contribution in [0.5, 0.6) is 0 Å². The van der Waals surface area contributed by atoms with E-state index in [2.05, 4.69) is 148 Å². The summed E-state index contributed by atoms with van der Waals surface area (Å²) in [5.74, 6) is 7.34. The molecule has 0 saturated heterocycles. The smallest absolute Gasteiger partial charge is 0.216 e. The zero-order chi connectivity index (χ0) is 37.5. The monoisotopic (exact) mass is 934 g/mol. The molecule has 0 atom stereocenters. The van der Waals surface area contributed by atoms with Crippen LogP contribution < -0.4 is 4.40 Å². The molecule has 0 aliphatic carbocycles. The van der Waals surface area contributed by atoms with Gasteiger partial charge in [0.25, 0.3) is 0 Å². The largest absolute Gasteiger partial charge is 0.486 e. The van der Waals surface area contributed by atoms with Gasteiger partial charge < -0.3 is 9.40 Å². The van der Waals surface area contributed by atoms with E-state index < -0.39 is 13.3 Å². The normalized spacial score (nSPS) is 12.4. The van der Waals surface area contributed by atoms with E-state index >= 15 is 0 Å². The number of aromatic nitrogens is 3. The van der Waals surface area contributed by atoms with Crippen LogP contribution in [0.15, 0.2) is 71.4 Å². The van der Waals surface area contributed by atoms with E-state index in [4.69, 9.17) is 19.4 Å². The average Bonchev–Trinajstić information content (AvgIpc) is 3.38. The molecule has 2 aromatic carbocycles. The summed E-state index contributed by atoms with van der Waals surface area (Å²) in [4.78, 5) is 14.3. The van der Waals surface area contributed by atoms with Gasteiger partial charge in [0.1, 0.15) is 0 Å². The van der Waals surface area contributed by atoms with Gasteiger partial charge in [0, 0.05) is 42.8 Å². The second kappa shape index (κ2) is 15.7. The fourth-order valence-corrected chi connectivity index (χ4v) is 9.77. The standard InChI is InChI=1S/C26H29N2O.C20H28GeN.Ir/c1-16-15-27-21(13-17(16)14-25(2,3)4)20-10-8-9-18-19-11-12-22(26(5,6)7)28-24(19)29-23(18)20;1-15-9-8-10-16(11-15)19-12-17(13-20(2,3)4)18(14-22-19)21(5,6)7;/h8-9,11-13,15H,14H2,1-7H3;8-9,11-12,14H,13H2,1-7H3;/q2*-1;. The third-order valence-electron chi connectivity index (χ3n) is 9.01. The summed E-state index contributed by atoms with van der Waals surface area (Å²) in [6.45, 7) is 24.4. The Morgan fingerprint density at radius 2 is 1.31 bits per heavy atom. The summed E-state index contributed by atoms with van der Waals surface area (Å²) in [7, 11) is 0. The van der Waals surface area contributed by atoms with Crippen LogP contribution in [-0.4, -0.2) is 28.2 Å². The molecule has 4 heterocycles. The fourth-order valence-electron chi connectivity index (χ4n) is 6.46. The first-order valence-electron chi connectivity index (χ1n) is 18.3. The molecule has 6 aromatic rings. The second-order valence-electron chi connectivity index (χ2n) is 18.7. The SMILES string of the molecule is Cc1cc[c-]c(-c2cc(CC(C)(C)C)[c]([Ge]([CH3])([CH3])[CH3])cn2)c1.Cc1cnc(-c2[c-]ccc3c2oc2nc(C(C)(C)C)ccc23)cc1CC(C)(C)C.[Ir]. The molecule has 0 aliphatic heterocycles. The summed E-state index contributed by atoms with van der Waals surface area (Å²) < 4.78 is 7.80. The number of benzene rings is 2. The van der Waals surface area contributed by atoms with Crippen LogP contribution in [0.4, 0.5) is 0 Å². The van der Waals surface area contributed by atoms with Crippen LogP contribution in [0.2, 0.25) is 17.3 Å². The van der Waals surface area contributed by atoms with Crippen LogP contribution in [0.1, 0.15) is 90.3 Å². The van der Waals surface area contributed by atoms with Crippen molar-refractivity contribution < 1.29 is 24.5 Å². The zero-order valence-electron chi connectivity index (χ0n) is 33.8. The van der Waals surface area contributed by atoms with Crippen molar-refractivity contribution in [3.63, 3.8) is 0 Å². The van der Waals surface area contributed by atoms with Gasteiger partial charge in [0.15, 0.2) is 0 Å². The Morgan fingerprint density at radius 3 is 1.92 bits per heavy atom. The molecule has 4 aromatic heterocycles. The molecule has 0 fully saturated rings. The van der Waals surface area contributed by atoms with E-state index in [0.29, 0.717) is 5.71 Å². The maximum atomic E-state index is 6.26. The number of rotatable bonds is 5. The van der Waals surface area contributed by atoms with Crippen LogP contribution in [0.25, 0.3) is 44.6 Å². The Hall–Kier alpha value is -3.12. The van der Waals surface area contributed by atoms with Gasteiger partial charge in [-0.3, -0.25) is 0 Å². The Kier molecular flexibility index (Phi) is 12.6. The van der Waals surface area contributed by atoms with Crippen molar-refractivity contribution in [2.75, 3.05) is 0 Å². The molecule has 52 heavy (non-hydrogen) atoms. The molecule has 0 spiro atoms. The molecular formula is C46H57GeIrN3O-2. The Labute approximate surface area is 329 Å². The first kappa shape index (κ1) is 41.6. The number of nitrogens with zero attached hydrogens (tertiary/aromatic N) is 3. The van der Waals surface area contributed by atoms with Crippen LogP contribution in [0, 0.1) is 36.8 Å². The Balaban J connectivity index is 0.000000237. The fraction of sp³-hybridized carbons (Fsp3) is 0.413. The maximum absolute atomic E-state index is 6.26. The van der Waals surface area contributed by atoms with Crippen molar-refractivity contribution in [3.05, 3.63) is 107 Å². The topological polar surface area (TPSA) is 51.8 Å². The molecule has 1 radical (unpaired) electrons. The number of hydrogen-bond acceptors (Lipinski definition) is 4. The van der Waals surface area contributed by atoms with Crippen molar-refractivity contribution in [1.82, 2.24) is 15.0 Å². The van der Waals surface area contributed by atoms with Crippen molar-refractivity contribution in [1.29, 1.82) is 0 Å². The van der Waals surface area contributed by atoms with Gasteiger partial charge in [-0.05, 0) is 42.1 Å². The minimum Gasteiger partial charge on any atom is -0.486 e. The van der Waals surface area contributed by atoms with Crippen molar-refractivity contribution in [3.8, 4) is 22.5 Å². The Bertz CT molecular complexity index is 2170. The van der Waals surface area contributed by atoms with Crippen molar-refractivity contribution >= 4 is 39.7 Å². The van der Waals surface area contributed by atoms with E-state index in [9.17, 15) is 0 Å². The van der Waals surface area contributed by atoms with Gasteiger partial charge in [-0.2, -0.15) is 0 Å². The average molecular weight is 933 g/mol. The number of pyridine rings is 3. The summed E-state index contributed by atoms with van der Waals surface area (Å²) >= 11 is -1.91. The molecule has 4 nitrogen and oxygen atoms in total. The third-order valence-corrected chi connectivity index (χ3v) is 13.3. The van der Waals surface area contributed by atoms with Gasteiger partial charge in [-0.1, -0.05) is 64.1 Å². The Morgan fingerprint density at radius 1 is 0.692 bits per heavy atom. The summed E-state index contributed by atoms with van der Waals surface area (Å²) in [5, 5.41) is 2.09. The first-order valence-corrected chi connectivity index (χ1v) is 25.6. The van der Waals surface area contributed by atoms with E-state index in [-0.39, 0.29) is 36.4 Å². The molecule has 0 amide bonds. The molecular weight excluding hydrogens is 875 g/mol. The minimum atomic E-state index is -1.91. The van der Waals surface area contributed by atoms with E-state index in [1.165, 1.54) is 26.6 Å². The summed E-state index contributed by atoms with van der Waals surface area (Å²) in [5.41, 5.74) is 12.2. The van der Waals surface area contributed by atoms with Crippen molar-refractivity contribution in [2.24, 2.45) is 10.8 Å². The molecule has 6 heteroatoms. The second-order valence-corrected chi connectivity index (χ2v) is 29.3. The van der Waals surface area contributed by atoms with Crippen LogP contribution >= 0.6 is 0 Å². The maximum Gasteiger partial charge on any atom is 0.216 e. The zero-order valence-corrected chi connectivity index (χ0v) is 38.3. The predicted octanol–water partition coefficient (Wildman–Crippen LogP) is 12.0.